The third-order valence-corrected chi connectivity index (χ3v) is 3.32. The fourth-order valence-corrected chi connectivity index (χ4v) is 2.26. The summed E-state index contributed by atoms with van der Waals surface area (Å²) in [4.78, 5) is 4.36. The number of hydrogen-bond acceptors (Lipinski definition) is 3. The van der Waals surface area contributed by atoms with Gasteiger partial charge in [-0.3, -0.25) is 0 Å². The lowest BCUT2D eigenvalue weighted by atomic mass is 10.1. The topological polar surface area (TPSA) is 38.7 Å². The van der Waals surface area contributed by atoms with Crippen molar-refractivity contribution in [2.75, 3.05) is 0 Å². The van der Waals surface area contributed by atoms with Crippen LogP contribution in [0.4, 0.5) is 4.39 Å². The van der Waals surface area contributed by atoms with Crippen LogP contribution in [0.15, 0.2) is 48.5 Å². The Morgan fingerprint density at radius 2 is 1.62 bits per heavy atom. The summed E-state index contributed by atoms with van der Waals surface area (Å²) in [5.74, 6) is -0.0655. The summed E-state index contributed by atoms with van der Waals surface area (Å²) in [5.41, 5.74) is 1.70. The van der Waals surface area contributed by atoms with Gasteiger partial charge in [-0.15, -0.1) is 10.2 Å². The Hall–Kier alpha value is -2.04. The molecule has 0 N–H and O–H groups in total. The maximum atomic E-state index is 13.3. The Morgan fingerprint density at radius 3 is 2.38 bits per heavy atom. The van der Waals surface area contributed by atoms with E-state index in [2.05, 4.69) is 15.2 Å². The van der Waals surface area contributed by atoms with Crippen LogP contribution in [0.1, 0.15) is 0 Å². The first-order valence-electron chi connectivity index (χ1n) is 6.05. The molecule has 0 spiro atoms. The van der Waals surface area contributed by atoms with Crippen molar-refractivity contribution in [2.45, 2.75) is 0 Å². The van der Waals surface area contributed by atoms with Gasteiger partial charge in [-0.25, -0.2) is 9.37 Å². The molecule has 1 heterocycles. The van der Waals surface area contributed by atoms with Gasteiger partial charge in [0.05, 0.1) is 0 Å². The van der Waals surface area contributed by atoms with Gasteiger partial charge in [0.2, 0.25) is 0 Å². The lowest BCUT2D eigenvalue weighted by Gasteiger charge is -2.06. The maximum Gasteiger partial charge on any atom is 0.182 e. The second-order valence-electron chi connectivity index (χ2n) is 4.30. The summed E-state index contributed by atoms with van der Waals surface area (Å²) >= 11 is 12.0. The number of rotatable bonds is 2. The molecule has 3 aromatic rings. The van der Waals surface area contributed by atoms with Crippen LogP contribution in [0.2, 0.25) is 10.2 Å². The van der Waals surface area contributed by atoms with Crippen LogP contribution in [-0.4, -0.2) is 15.2 Å². The predicted octanol–water partition coefficient (Wildman–Crippen LogP) is 4.65. The Bertz CT molecular complexity index is 808. The second kappa shape index (κ2) is 5.76. The third kappa shape index (κ3) is 3.01. The molecule has 104 valence electrons. The lowest BCUT2D eigenvalue weighted by Crippen LogP contribution is -1.97. The number of benzene rings is 2. The van der Waals surface area contributed by atoms with Gasteiger partial charge in [-0.05, 0) is 24.3 Å². The third-order valence-electron chi connectivity index (χ3n) is 2.83. The van der Waals surface area contributed by atoms with Crippen molar-refractivity contribution in [3.8, 4) is 22.6 Å². The van der Waals surface area contributed by atoms with E-state index in [0.29, 0.717) is 22.1 Å². The molecule has 0 fully saturated rings. The van der Waals surface area contributed by atoms with Gasteiger partial charge < -0.3 is 0 Å². The van der Waals surface area contributed by atoms with Crippen LogP contribution in [-0.2, 0) is 0 Å². The second-order valence-corrected chi connectivity index (χ2v) is 5.09. The average Bonchev–Trinajstić information content (AvgIpc) is 2.47. The van der Waals surface area contributed by atoms with Gasteiger partial charge in [0.25, 0.3) is 0 Å². The number of hydrogen-bond donors (Lipinski definition) is 0. The van der Waals surface area contributed by atoms with E-state index in [9.17, 15) is 4.39 Å². The van der Waals surface area contributed by atoms with E-state index < -0.39 is 0 Å². The predicted molar refractivity (Wildman–Crippen MR) is 80.7 cm³/mol. The first-order valence-corrected chi connectivity index (χ1v) is 6.81. The fraction of sp³-hybridized carbons (Fsp3) is 0. The number of halogens is 3. The van der Waals surface area contributed by atoms with E-state index >= 15 is 0 Å². The molecular weight excluding hydrogens is 312 g/mol. The standard InChI is InChI=1S/C15H8Cl2FN3/c16-11-5-1-3-9(7-11)13-14(17)20-21-15(19-13)10-4-2-6-12(18)8-10/h1-8H. The molecular formula is C15H8Cl2FN3. The molecule has 0 aliphatic carbocycles. The quantitative estimate of drug-likeness (QED) is 0.690. The monoisotopic (exact) mass is 319 g/mol. The summed E-state index contributed by atoms with van der Waals surface area (Å²) < 4.78 is 13.3. The van der Waals surface area contributed by atoms with Crippen molar-refractivity contribution in [3.05, 3.63) is 64.5 Å². The molecule has 21 heavy (non-hydrogen) atoms. The summed E-state index contributed by atoms with van der Waals surface area (Å²) in [5, 5.41) is 8.51. The van der Waals surface area contributed by atoms with E-state index in [1.54, 1.807) is 30.3 Å². The summed E-state index contributed by atoms with van der Waals surface area (Å²) in [6.07, 6.45) is 0. The van der Waals surface area contributed by atoms with Crippen LogP contribution >= 0.6 is 23.2 Å². The van der Waals surface area contributed by atoms with Gasteiger partial charge >= 0.3 is 0 Å². The van der Waals surface area contributed by atoms with Crippen molar-refractivity contribution < 1.29 is 4.39 Å². The SMILES string of the molecule is Fc1cccc(-c2nnc(Cl)c(-c3cccc(Cl)c3)n2)c1. The Balaban J connectivity index is 2.12. The average molecular weight is 320 g/mol. The molecule has 2 aromatic carbocycles. The smallest absolute Gasteiger partial charge is 0.182 e. The van der Waals surface area contributed by atoms with Crippen molar-refractivity contribution >= 4 is 23.2 Å². The molecule has 1 aromatic heterocycles. The van der Waals surface area contributed by atoms with Gasteiger partial charge in [0.1, 0.15) is 11.5 Å². The maximum absolute atomic E-state index is 13.3. The zero-order valence-electron chi connectivity index (χ0n) is 10.6. The Kier molecular flexibility index (Phi) is 3.82. The van der Waals surface area contributed by atoms with Crippen molar-refractivity contribution in [2.24, 2.45) is 0 Å². The fourth-order valence-electron chi connectivity index (χ4n) is 1.88. The highest BCUT2D eigenvalue weighted by atomic mass is 35.5. The molecule has 3 nitrogen and oxygen atoms in total. The van der Waals surface area contributed by atoms with Crippen LogP contribution in [0, 0.1) is 5.82 Å². The highest BCUT2D eigenvalue weighted by Gasteiger charge is 2.11. The summed E-state index contributed by atoms with van der Waals surface area (Å²) in [6.45, 7) is 0. The highest BCUT2D eigenvalue weighted by molar-refractivity contribution is 6.32. The molecule has 0 unspecified atom stereocenters. The Morgan fingerprint density at radius 1 is 0.857 bits per heavy atom. The van der Waals surface area contributed by atoms with Crippen LogP contribution in [0.3, 0.4) is 0 Å². The number of aromatic nitrogens is 3. The van der Waals surface area contributed by atoms with E-state index in [1.807, 2.05) is 6.07 Å². The molecule has 6 heteroatoms. The van der Waals surface area contributed by atoms with E-state index in [0.717, 1.165) is 5.56 Å². The molecule has 0 saturated heterocycles. The van der Waals surface area contributed by atoms with Gasteiger partial charge in [-0.1, -0.05) is 47.5 Å². The zero-order valence-corrected chi connectivity index (χ0v) is 12.1. The first-order chi connectivity index (χ1) is 10.1. The van der Waals surface area contributed by atoms with E-state index in [1.165, 1.54) is 12.1 Å². The molecule has 0 saturated carbocycles. The molecule has 0 amide bonds. The Labute approximate surface area is 130 Å². The minimum Gasteiger partial charge on any atom is -0.223 e. The summed E-state index contributed by atoms with van der Waals surface area (Å²) in [6, 6.07) is 13.1. The van der Waals surface area contributed by atoms with E-state index in [-0.39, 0.29) is 11.0 Å². The normalized spacial score (nSPS) is 10.6. The van der Waals surface area contributed by atoms with Crippen LogP contribution < -0.4 is 0 Å². The van der Waals surface area contributed by atoms with Crippen LogP contribution in [0.25, 0.3) is 22.6 Å². The van der Waals surface area contributed by atoms with Crippen LogP contribution in [0.5, 0.6) is 0 Å². The van der Waals surface area contributed by atoms with Crippen molar-refractivity contribution in [1.82, 2.24) is 15.2 Å². The van der Waals surface area contributed by atoms with Gasteiger partial charge in [-0.2, -0.15) is 0 Å². The molecule has 0 aliphatic heterocycles. The highest BCUT2D eigenvalue weighted by Crippen LogP contribution is 2.27. The van der Waals surface area contributed by atoms with E-state index in [4.69, 9.17) is 23.2 Å². The summed E-state index contributed by atoms with van der Waals surface area (Å²) in [7, 11) is 0. The molecule has 0 bridgehead atoms. The minimum atomic E-state index is -0.365. The van der Waals surface area contributed by atoms with Crippen molar-refractivity contribution in [3.63, 3.8) is 0 Å². The lowest BCUT2D eigenvalue weighted by molar-refractivity contribution is 0.628. The largest absolute Gasteiger partial charge is 0.223 e. The molecule has 0 radical (unpaired) electrons. The van der Waals surface area contributed by atoms with Gasteiger partial charge in [0.15, 0.2) is 11.0 Å². The minimum absolute atomic E-state index is 0.164. The molecule has 0 aliphatic rings. The molecule has 3 rings (SSSR count). The number of nitrogens with zero attached hydrogens (tertiary/aromatic N) is 3. The molecule has 0 atom stereocenters. The first kappa shape index (κ1) is 13.9. The van der Waals surface area contributed by atoms with Gasteiger partial charge in [0, 0.05) is 16.1 Å². The zero-order chi connectivity index (χ0) is 14.8. The van der Waals surface area contributed by atoms with Crippen molar-refractivity contribution in [1.29, 1.82) is 0 Å².